The highest BCUT2D eigenvalue weighted by atomic mass is 16.5. The summed E-state index contributed by atoms with van der Waals surface area (Å²) in [7, 11) is 2.20. The zero-order chi connectivity index (χ0) is 15.5. The van der Waals surface area contributed by atoms with E-state index in [-0.39, 0.29) is 5.54 Å². The van der Waals surface area contributed by atoms with Crippen molar-refractivity contribution in [1.29, 1.82) is 0 Å². The number of likely N-dealkylation sites (N-methyl/N-ethyl adjacent to an activating group) is 1. The molecular weight excluding hydrogens is 260 g/mol. The maximum absolute atomic E-state index is 5.67. The van der Waals surface area contributed by atoms with E-state index < -0.39 is 0 Å². The predicted molar refractivity (Wildman–Crippen MR) is 88.3 cm³/mol. The molecule has 2 unspecified atom stereocenters. The first-order valence-electron chi connectivity index (χ1n) is 8.00. The van der Waals surface area contributed by atoms with Crippen molar-refractivity contribution in [1.82, 2.24) is 10.2 Å². The summed E-state index contributed by atoms with van der Waals surface area (Å²) in [5, 5.41) is 3.55. The molecular formula is C18H30N2O. The first-order chi connectivity index (χ1) is 9.85. The van der Waals surface area contributed by atoms with Crippen molar-refractivity contribution in [2.24, 2.45) is 0 Å². The average molecular weight is 290 g/mol. The van der Waals surface area contributed by atoms with Gasteiger partial charge < -0.3 is 10.1 Å². The fraction of sp³-hybridized carbons (Fsp3) is 0.667. The van der Waals surface area contributed by atoms with Crippen LogP contribution in [0.15, 0.2) is 24.3 Å². The monoisotopic (exact) mass is 290 g/mol. The van der Waals surface area contributed by atoms with E-state index in [0.717, 1.165) is 26.1 Å². The van der Waals surface area contributed by atoms with Crippen LogP contribution in [0.2, 0.25) is 0 Å². The standard InChI is InChI=1S/C18H30N2O/c1-14-17(9-10-21-14)20(5)13-16-8-6-7-15(11-16)12-19-18(2,3)4/h6-8,11,14,17,19H,9-10,12-13H2,1-5H3. The van der Waals surface area contributed by atoms with Gasteiger partial charge in [0.15, 0.2) is 0 Å². The van der Waals surface area contributed by atoms with Crippen LogP contribution in [0.3, 0.4) is 0 Å². The molecule has 0 amide bonds. The summed E-state index contributed by atoms with van der Waals surface area (Å²) in [6.07, 6.45) is 1.49. The van der Waals surface area contributed by atoms with E-state index in [9.17, 15) is 0 Å². The molecule has 1 aliphatic rings. The van der Waals surface area contributed by atoms with Crippen molar-refractivity contribution in [3.05, 3.63) is 35.4 Å². The van der Waals surface area contributed by atoms with Crippen molar-refractivity contribution in [3.8, 4) is 0 Å². The molecule has 0 radical (unpaired) electrons. The Morgan fingerprint density at radius 2 is 2.00 bits per heavy atom. The van der Waals surface area contributed by atoms with Gasteiger partial charge in [-0.3, -0.25) is 4.90 Å². The Balaban J connectivity index is 1.94. The molecule has 1 aromatic carbocycles. The molecule has 21 heavy (non-hydrogen) atoms. The van der Waals surface area contributed by atoms with E-state index in [0.29, 0.717) is 12.1 Å². The summed E-state index contributed by atoms with van der Waals surface area (Å²) in [6, 6.07) is 9.44. The lowest BCUT2D eigenvalue weighted by molar-refractivity contribution is 0.0814. The molecule has 118 valence electrons. The van der Waals surface area contributed by atoms with Crippen LogP contribution in [0, 0.1) is 0 Å². The average Bonchev–Trinajstić information content (AvgIpc) is 2.82. The van der Waals surface area contributed by atoms with Gasteiger partial charge in [-0.2, -0.15) is 0 Å². The molecule has 0 aliphatic carbocycles. The summed E-state index contributed by atoms with van der Waals surface area (Å²) in [6.45, 7) is 11.6. The van der Waals surface area contributed by atoms with Crippen LogP contribution in [0.5, 0.6) is 0 Å². The zero-order valence-corrected chi connectivity index (χ0v) is 14.1. The van der Waals surface area contributed by atoms with Gasteiger partial charge in [-0.05, 0) is 52.3 Å². The van der Waals surface area contributed by atoms with E-state index in [1.165, 1.54) is 11.1 Å². The second-order valence-electron chi connectivity index (χ2n) is 7.27. The molecule has 1 aliphatic heterocycles. The number of hydrogen-bond acceptors (Lipinski definition) is 3. The van der Waals surface area contributed by atoms with Gasteiger partial charge in [0, 0.05) is 31.3 Å². The normalized spacial score (nSPS) is 23.0. The van der Waals surface area contributed by atoms with E-state index in [1.807, 2.05) is 0 Å². The van der Waals surface area contributed by atoms with Crippen molar-refractivity contribution in [3.63, 3.8) is 0 Å². The fourth-order valence-electron chi connectivity index (χ4n) is 2.91. The highest BCUT2D eigenvalue weighted by Crippen LogP contribution is 2.20. The maximum Gasteiger partial charge on any atom is 0.0703 e. The smallest absolute Gasteiger partial charge is 0.0703 e. The minimum absolute atomic E-state index is 0.156. The van der Waals surface area contributed by atoms with Crippen molar-refractivity contribution < 1.29 is 4.74 Å². The van der Waals surface area contributed by atoms with Crippen molar-refractivity contribution in [2.75, 3.05) is 13.7 Å². The first-order valence-corrected chi connectivity index (χ1v) is 8.00. The molecule has 0 aromatic heterocycles. The second kappa shape index (κ2) is 6.91. The molecule has 0 saturated carbocycles. The van der Waals surface area contributed by atoms with Crippen molar-refractivity contribution in [2.45, 2.75) is 64.9 Å². The Hall–Kier alpha value is -0.900. The topological polar surface area (TPSA) is 24.5 Å². The van der Waals surface area contributed by atoms with Gasteiger partial charge in [0.2, 0.25) is 0 Å². The molecule has 2 atom stereocenters. The van der Waals surface area contributed by atoms with Crippen LogP contribution in [0.1, 0.15) is 45.2 Å². The lowest BCUT2D eigenvalue weighted by Gasteiger charge is -2.27. The maximum atomic E-state index is 5.67. The highest BCUT2D eigenvalue weighted by Gasteiger charge is 2.27. The zero-order valence-electron chi connectivity index (χ0n) is 14.1. The number of hydrogen-bond donors (Lipinski definition) is 1. The quantitative estimate of drug-likeness (QED) is 0.901. The molecule has 3 heteroatoms. The minimum atomic E-state index is 0.156. The number of nitrogens with one attached hydrogen (secondary N) is 1. The predicted octanol–water partition coefficient (Wildman–Crippen LogP) is 3.18. The van der Waals surface area contributed by atoms with Crippen LogP contribution < -0.4 is 5.32 Å². The number of ether oxygens (including phenoxy) is 1. The molecule has 0 bridgehead atoms. The molecule has 0 spiro atoms. The van der Waals surface area contributed by atoms with E-state index in [1.54, 1.807) is 0 Å². The molecule has 1 heterocycles. The second-order valence-corrected chi connectivity index (χ2v) is 7.27. The summed E-state index contributed by atoms with van der Waals surface area (Å²) in [5.41, 5.74) is 2.89. The largest absolute Gasteiger partial charge is 0.377 e. The van der Waals surface area contributed by atoms with E-state index in [2.05, 4.69) is 69.2 Å². The number of benzene rings is 1. The van der Waals surface area contributed by atoms with Gasteiger partial charge in [-0.1, -0.05) is 24.3 Å². The molecule has 1 fully saturated rings. The number of rotatable bonds is 5. The molecule has 3 nitrogen and oxygen atoms in total. The van der Waals surface area contributed by atoms with Gasteiger partial charge in [0.25, 0.3) is 0 Å². The van der Waals surface area contributed by atoms with Gasteiger partial charge in [-0.15, -0.1) is 0 Å². The lowest BCUT2D eigenvalue weighted by atomic mass is 10.1. The molecule has 1 N–H and O–H groups in total. The third-order valence-corrected chi connectivity index (χ3v) is 4.15. The van der Waals surface area contributed by atoms with Crippen LogP contribution in [-0.4, -0.2) is 36.2 Å². The van der Waals surface area contributed by atoms with E-state index >= 15 is 0 Å². The fourth-order valence-corrected chi connectivity index (χ4v) is 2.91. The first kappa shape index (κ1) is 16.5. The molecule has 2 rings (SSSR count). The minimum Gasteiger partial charge on any atom is -0.377 e. The number of nitrogens with zero attached hydrogens (tertiary/aromatic N) is 1. The van der Waals surface area contributed by atoms with Crippen LogP contribution >= 0.6 is 0 Å². The highest BCUT2D eigenvalue weighted by molar-refractivity contribution is 5.23. The Kier molecular flexibility index (Phi) is 5.42. The third kappa shape index (κ3) is 5.10. The summed E-state index contributed by atoms with van der Waals surface area (Å²) in [5.74, 6) is 0. The Morgan fingerprint density at radius 3 is 2.62 bits per heavy atom. The molecule has 1 saturated heterocycles. The van der Waals surface area contributed by atoms with Crippen molar-refractivity contribution >= 4 is 0 Å². The SMILES string of the molecule is CC1OCCC1N(C)Cc1cccc(CNC(C)(C)C)c1. The Bertz CT molecular complexity index is 453. The third-order valence-electron chi connectivity index (χ3n) is 4.15. The summed E-state index contributed by atoms with van der Waals surface area (Å²) >= 11 is 0. The van der Waals surface area contributed by atoms with Crippen LogP contribution in [0.4, 0.5) is 0 Å². The van der Waals surface area contributed by atoms with Crippen LogP contribution in [-0.2, 0) is 17.8 Å². The van der Waals surface area contributed by atoms with Gasteiger partial charge in [0.05, 0.1) is 6.10 Å². The van der Waals surface area contributed by atoms with E-state index in [4.69, 9.17) is 4.74 Å². The van der Waals surface area contributed by atoms with Gasteiger partial charge >= 0.3 is 0 Å². The Labute approximate surface area is 129 Å². The summed E-state index contributed by atoms with van der Waals surface area (Å²) < 4.78 is 5.67. The Morgan fingerprint density at radius 1 is 1.29 bits per heavy atom. The molecule has 1 aromatic rings. The van der Waals surface area contributed by atoms with Gasteiger partial charge in [-0.25, -0.2) is 0 Å². The van der Waals surface area contributed by atoms with Crippen LogP contribution in [0.25, 0.3) is 0 Å². The summed E-state index contributed by atoms with van der Waals surface area (Å²) in [4.78, 5) is 2.42. The van der Waals surface area contributed by atoms with Gasteiger partial charge in [0.1, 0.15) is 0 Å². The lowest BCUT2D eigenvalue weighted by Crippen LogP contribution is -2.36.